The van der Waals surface area contributed by atoms with Gasteiger partial charge in [-0.15, -0.1) is 0 Å². The van der Waals surface area contributed by atoms with Gasteiger partial charge in [-0.3, -0.25) is 13.4 Å². The van der Waals surface area contributed by atoms with Gasteiger partial charge < -0.3 is 0 Å². The molecule has 2 aliphatic rings. The first-order chi connectivity index (χ1) is 14.9. The van der Waals surface area contributed by atoms with E-state index in [1.165, 1.54) is 33.1 Å². The van der Waals surface area contributed by atoms with E-state index >= 15 is 0 Å². The molecule has 0 fully saturated rings. The van der Waals surface area contributed by atoms with Gasteiger partial charge in [-0.05, 0) is 47.2 Å². The Labute approximate surface area is 187 Å². The number of benzene rings is 2. The standard InChI is InChI=1S/C20H22F2N2S2.C2H2F2O/c1-3-13-5-7-15-11-19(21)23(17(15)9-13)25-26-24-18-10-14(4-2)6-8-16(18)12-20(24)22;3-2(4)1-5/h5-10,19-20H,3-4,11-12H2,1-2H3;1-2H. The lowest BCUT2D eigenvalue weighted by atomic mass is 10.1. The van der Waals surface area contributed by atoms with E-state index in [-0.39, 0.29) is 0 Å². The summed E-state index contributed by atoms with van der Waals surface area (Å²) in [7, 11) is 2.59. The molecule has 0 bridgehead atoms. The maximum atomic E-state index is 14.6. The van der Waals surface area contributed by atoms with Crippen molar-refractivity contribution in [3.63, 3.8) is 0 Å². The summed E-state index contributed by atoms with van der Waals surface area (Å²) >= 11 is 0. The fraction of sp³-hybridized carbons (Fsp3) is 0.409. The Morgan fingerprint density at radius 2 is 1.29 bits per heavy atom. The molecular formula is C22H24F4N2OS2. The molecular weight excluding hydrogens is 448 g/mol. The third-order valence-corrected chi connectivity index (χ3v) is 7.58. The quantitative estimate of drug-likeness (QED) is 0.157. The van der Waals surface area contributed by atoms with Crippen LogP contribution in [-0.2, 0) is 30.5 Å². The molecule has 9 heteroatoms. The Hall–Kier alpha value is -1.87. The maximum Gasteiger partial charge on any atom is 0.293 e. The van der Waals surface area contributed by atoms with Crippen molar-refractivity contribution < 1.29 is 22.4 Å². The molecule has 0 saturated carbocycles. The topological polar surface area (TPSA) is 23.6 Å². The van der Waals surface area contributed by atoms with E-state index in [9.17, 15) is 17.6 Å². The summed E-state index contributed by atoms with van der Waals surface area (Å²) in [5, 5.41) is 0. The molecule has 2 aliphatic heterocycles. The molecule has 31 heavy (non-hydrogen) atoms. The lowest BCUT2D eigenvalue weighted by molar-refractivity contribution is -0.116. The van der Waals surface area contributed by atoms with Crippen molar-refractivity contribution in [3.8, 4) is 0 Å². The second kappa shape index (κ2) is 10.6. The van der Waals surface area contributed by atoms with Gasteiger partial charge in [0.15, 0.2) is 18.9 Å². The number of hydrogen-bond donors (Lipinski definition) is 0. The fourth-order valence-electron chi connectivity index (χ4n) is 3.49. The van der Waals surface area contributed by atoms with E-state index in [0.717, 1.165) is 35.3 Å². The Balaban J connectivity index is 0.000000491. The van der Waals surface area contributed by atoms with Gasteiger partial charge in [-0.25, -0.2) is 17.6 Å². The number of fused-ring (bicyclic) bond motifs is 2. The van der Waals surface area contributed by atoms with Crippen molar-refractivity contribution >= 4 is 39.6 Å². The zero-order valence-corrected chi connectivity index (χ0v) is 18.9. The maximum absolute atomic E-state index is 14.6. The van der Waals surface area contributed by atoms with E-state index < -0.39 is 25.3 Å². The van der Waals surface area contributed by atoms with Crippen molar-refractivity contribution in [2.24, 2.45) is 0 Å². The number of carbonyl (C=O) groups excluding carboxylic acids is 1. The summed E-state index contributed by atoms with van der Waals surface area (Å²) in [5.74, 6) is 0. The summed E-state index contributed by atoms with van der Waals surface area (Å²) in [6.07, 6.45) is -2.74. The normalized spacial score (nSPS) is 19.2. The second-order valence-corrected chi connectivity index (χ2v) is 9.16. The number of aldehydes is 1. The number of aryl methyl sites for hydroxylation is 2. The molecule has 0 aromatic heterocycles. The van der Waals surface area contributed by atoms with Crippen LogP contribution in [0.15, 0.2) is 36.4 Å². The molecule has 2 heterocycles. The highest BCUT2D eigenvalue weighted by atomic mass is 33.1. The number of halogens is 4. The zero-order chi connectivity index (χ0) is 22.5. The van der Waals surface area contributed by atoms with Gasteiger partial charge in [0.2, 0.25) is 0 Å². The highest BCUT2D eigenvalue weighted by Gasteiger charge is 2.34. The van der Waals surface area contributed by atoms with Crippen LogP contribution in [0.2, 0.25) is 0 Å². The molecule has 0 amide bonds. The molecule has 2 atom stereocenters. The number of hydrogen-bond acceptors (Lipinski definition) is 5. The number of rotatable bonds is 6. The Morgan fingerprint density at radius 1 is 0.903 bits per heavy atom. The predicted molar refractivity (Wildman–Crippen MR) is 121 cm³/mol. The summed E-state index contributed by atoms with van der Waals surface area (Å²) in [5.41, 5.74) is 6.27. The Morgan fingerprint density at radius 3 is 1.61 bits per heavy atom. The van der Waals surface area contributed by atoms with Crippen LogP contribution in [0.4, 0.5) is 28.9 Å². The largest absolute Gasteiger partial charge is 0.297 e. The van der Waals surface area contributed by atoms with E-state index in [1.54, 1.807) is 8.61 Å². The van der Waals surface area contributed by atoms with Crippen LogP contribution in [0.3, 0.4) is 0 Å². The molecule has 2 aromatic rings. The number of alkyl halides is 4. The van der Waals surface area contributed by atoms with Crippen LogP contribution >= 0.6 is 22.0 Å². The molecule has 4 rings (SSSR count). The van der Waals surface area contributed by atoms with E-state index in [1.807, 2.05) is 12.1 Å². The van der Waals surface area contributed by atoms with Gasteiger partial charge in [0.1, 0.15) is 0 Å². The zero-order valence-electron chi connectivity index (χ0n) is 17.2. The Bertz CT molecular complexity index is 848. The second-order valence-electron chi connectivity index (χ2n) is 7.18. The highest BCUT2D eigenvalue weighted by molar-refractivity contribution is 8.77. The minimum atomic E-state index is -2.80. The number of anilines is 2. The first-order valence-electron chi connectivity index (χ1n) is 10.1. The fourth-order valence-corrected chi connectivity index (χ4v) is 5.94. The molecule has 0 radical (unpaired) electrons. The van der Waals surface area contributed by atoms with Crippen LogP contribution in [0.5, 0.6) is 0 Å². The molecule has 0 aliphatic carbocycles. The minimum Gasteiger partial charge on any atom is -0.297 e. The third kappa shape index (κ3) is 5.49. The molecule has 2 aromatic carbocycles. The summed E-state index contributed by atoms with van der Waals surface area (Å²) in [4.78, 5) is 8.75. The molecule has 0 saturated heterocycles. The van der Waals surface area contributed by atoms with Crippen molar-refractivity contribution in [1.82, 2.24) is 0 Å². The molecule has 0 spiro atoms. The van der Waals surface area contributed by atoms with Crippen molar-refractivity contribution in [2.45, 2.75) is 58.5 Å². The van der Waals surface area contributed by atoms with Crippen molar-refractivity contribution in [2.75, 3.05) is 8.61 Å². The smallest absolute Gasteiger partial charge is 0.293 e. The first kappa shape index (κ1) is 23.8. The molecule has 168 valence electrons. The summed E-state index contributed by atoms with van der Waals surface area (Å²) < 4.78 is 53.3. The van der Waals surface area contributed by atoms with Gasteiger partial charge in [0, 0.05) is 34.8 Å². The van der Waals surface area contributed by atoms with Crippen LogP contribution in [-0.4, -0.2) is 25.3 Å². The van der Waals surface area contributed by atoms with E-state index in [4.69, 9.17) is 4.79 Å². The minimum absolute atomic E-state index is 0.391. The van der Waals surface area contributed by atoms with Crippen LogP contribution in [0.1, 0.15) is 36.1 Å². The molecule has 2 unspecified atom stereocenters. The van der Waals surface area contributed by atoms with Gasteiger partial charge in [-0.1, -0.05) is 38.1 Å². The van der Waals surface area contributed by atoms with Crippen LogP contribution in [0.25, 0.3) is 0 Å². The lowest BCUT2D eigenvalue weighted by Gasteiger charge is -2.25. The lowest BCUT2D eigenvalue weighted by Crippen LogP contribution is -2.24. The number of carbonyl (C=O) groups is 1. The van der Waals surface area contributed by atoms with Gasteiger partial charge in [-0.2, -0.15) is 0 Å². The monoisotopic (exact) mass is 472 g/mol. The van der Waals surface area contributed by atoms with Gasteiger partial charge in [0.25, 0.3) is 6.43 Å². The highest BCUT2D eigenvalue weighted by Crippen LogP contribution is 2.48. The van der Waals surface area contributed by atoms with Crippen molar-refractivity contribution in [1.29, 1.82) is 0 Å². The SMILES string of the molecule is CCc1ccc2c(c1)N(SSN1c3cc(CC)ccc3CC1F)C(F)C2.O=CC(F)F. The summed E-state index contributed by atoms with van der Waals surface area (Å²) in [6, 6.07) is 12.3. The molecule has 0 N–H and O–H groups in total. The van der Waals surface area contributed by atoms with Crippen LogP contribution in [0, 0.1) is 0 Å². The van der Waals surface area contributed by atoms with Gasteiger partial charge in [0.05, 0.1) is 11.4 Å². The average molecular weight is 473 g/mol. The van der Waals surface area contributed by atoms with E-state index in [0.29, 0.717) is 12.8 Å². The first-order valence-corrected chi connectivity index (χ1v) is 12.1. The summed E-state index contributed by atoms with van der Waals surface area (Å²) in [6.45, 7) is 4.19. The Kier molecular flexibility index (Phi) is 8.16. The van der Waals surface area contributed by atoms with Crippen LogP contribution < -0.4 is 8.61 Å². The van der Waals surface area contributed by atoms with Crippen molar-refractivity contribution in [3.05, 3.63) is 58.7 Å². The van der Waals surface area contributed by atoms with E-state index in [2.05, 4.69) is 38.1 Å². The average Bonchev–Trinajstić information content (AvgIpc) is 3.26. The third-order valence-electron chi connectivity index (χ3n) is 5.17. The number of nitrogens with zero attached hydrogens (tertiary/aromatic N) is 2. The molecule has 3 nitrogen and oxygen atoms in total. The predicted octanol–water partition coefficient (Wildman–Crippen LogP) is 6.49. The van der Waals surface area contributed by atoms with Gasteiger partial charge >= 0.3 is 0 Å².